The number of hydrogen-bond donors (Lipinski definition) is 3. The van der Waals surface area contributed by atoms with E-state index in [9.17, 15) is 19.8 Å². The molecule has 0 spiro atoms. The number of ether oxygens (including phenoxy) is 1. The Labute approximate surface area is 513 Å². The number of esters is 1. The molecular formula is C76H145NO5. The lowest BCUT2D eigenvalue weighted by molar-refractivity contribution is -0.143. The summed E-state index contributed by atoms with van der Waals surface area (Å²) in [7, 11) is 0. The second-order valence-electron chi connectivity index (χ2n) is 25.6. The minimum absolute atomic E-state index is 0.00540. The molecule has 0 aliphatic carbocycles. The van der Waals surface area contributed by atoms with Crippen LogP contribution in [0.15, 0.2) is 36.5 Å². The van der Waals surface area contributed by atoms with E-state index in [4.69, 9.17) is 4.74 Å². The standard InChI is InChI=1S/C76H145NO5/c1-3-5-7-9-11-13-15-17-19-21-22-23-24-25-28-31-34-37-40-44-48-52-56-60-64-68-74(79)73(72-78)77-75(80)69-65-61-57-53-49-45-41-38-35-32-29-26-27-30-33-36-39-43-47-51-55-59-63-67-71-82-76(81)70-66-62-58-54-50-46-42-20-18-16-14-12-10-8-6-4-2/h20,29,32,42,64,68,73-74,78-79H,3-19,21-28,30-31,33-41,43-63,65-67,69-72H2,1-2H3,(H,77,80)/b32-29-,42-20-,68-64+. The van der Waals surface area contributed by atoms with E-state index in [2.05, 4.69) is 43.5 Å². The number of unbranched alkanes of at least 4 members (excludes halogenated alkanes) is 55. The molecule has 0 heterocycles. The molecule has 82 heavy (non-hydrogen) atoms. The summed E-state index contributed by atoms with van der Waals surface area (Å²) in [4.78, 5) is 24.6. The van der Waals surface area contributed by atoms with Crippen molar-refractivity contribution in [2.24, 2.45) is 0 Å². The Kier molecular flexibility index (Phi) is 69.9. The first-order valence-corrected chi connectivity index (χ1v) is 37.3. The van der Waals surface area contributed by atoms with E-state index in [1.165, 1.54) is 340 Å². The average Bonchev–Trinajstić information content (AvgIpc) is 3.48. The summed E-state index contributed by atoms with van der Waals surface area (Å²) >= 11 is 0. The van der Waals surface area contributed by atoms with Gasteiger partial charge >= 0.3 is 5.97 Å². The molecule has 0 rings (SSSR count). The van der Waals surface area contributed by atoms with Gasteiger partial charge < -0.3 is 20.3 Å². The molecule has 0 saturated heterocycles. The summed E-state index contributed by atoms with van der Waals surface area (Å²) < 4.78 is 5.49. The lowest BCUT2D eigenvalue weighted by Crippen LogP contribution is -2.45. The van der Waals surface area contributed by atoms with Gasteiger partial charge in [0.25, 0.3) is 0 Å². The molecule has 1 amide bonds. The summed E-state index contributed by atoms with van der Waals surface area (Å²) in [5, 5.41) is 23.3. The van der Waals surface area contributed by atoms with Gasteiger partial charge in [0, 0.05) is 12.8 Å². The Morgan fingerprint density at radius 1 is 0.329 bits per heavy atom. The number of allylic oxidation sites excluding steroid dienone is 5. The number of rotatable bonds is 70. The van der Waals surface area contributed by atoms with Crippen molar-refractivity contribution < 1.29 is 24.5 Å². The number of aliphatic hydroxyl groups excluding tert-OH is 2. The van der Waals surface area contributed by atoms with Crippen molar-refractivity contribution in [2.45, 2.75) is 424 Å². The fraction of sp³-hybridized carbons (Fsp3) is 0.895. The first-order chi connectivity index (χ1) is 40.5. The van der Waals surface area contributed by atoms with Crippen LogP contribution in [0.1, 0.15) is 412 Å². The normalized spacial score (nSPS) is 12.7. The lowest BCUT2D eigenvalue weighted by atomic mass is 10.0. The van der Waals surface area contributed by atoms with Crippen molar-refractivity contribution in [1.82, 2.24) is 5.32 Å². The number of aliphatic hydroxyl groups is 2. The van der Waals surface area contributed by atoms with Gasteiger partial charge in [-0.3, -0.25) is 9.59 Å². The minimum Gasteiger partial charge on any atom is -0.466 e. The highest BCUT2D eigenvalue weighted by molar-refractivity contribution is 5.76. The van der Waals surface area contributed by atoms with Crippen LogP contribution < -0.4 is 5.32 Å². The third kappa shape index (κ3) is 67.2. The fourth-order valence-electron chi connectivity index (χ4n) is 11.7. The van der Waals surface area contributed by atoms with Gasteiger partial charge in [-0.1, -0.05) is 352 Å². The zero-order chi connectivity index (χ0) is 59.2. The molecule has 0 aliphatic heterocycles. The SMILES string of the molecule is CCCCCCCCC/C=C\CCCCCCCC(=O)OCCCCCCCCCCCCCC/C=C\CCCCCCCCCCC(=O)NC(CO)C(O)/C=C/CCCCCCCCCCCCCCCCCCCCCCCCC. The Hall–Kier alpha value is -1.92. The summed E-state index contributed by atoms with van der Waals surface area (Å²) in [5.74, 6) is -0.0629. The van der Waals surface area contributed by atoms with Crippen molar-refractivity contribution in [3.05, 3.63) is 36.5 Å². The van der Waals surface area contributed by atoms with Crippen molar-refractivity contribution in [2.75, 3.05) is 13.2 Å². The predicted octanol–water partition coefficient (Wildman–Crippen LogP) is 24.3. The van der Waals surface area contributed by atoms with E-state index in [0.29, 0.717) is 19.4 Å². The number of carbonyl (C=O) groups excluding carboxylic acids is 2. The summed E-state index contributed by atoms with van der Waals surface area (Å²) in [6.45, 7) is 4.93. The van der Waals surface area contributed by atoms with Crippen LogP contribution in [0.5, 0.6) is 0 Å². The summed E-state index contributed by atoms with van der Waals surface area (Å²) in [5.41, 5.74) is 0. The molecule has 484 valence electrons. The van der Waals surface area contributed by atoms with E-state index in [1.54, 1.807) is 6.08 Å². The zero-order valence-corrected chi connectivity index (χ0v) is 55.5. The third-order valence-corrected chi connectivity index (χ3v) is 17.4. The molecular weight excluding hydrogens is 1010 g/mol. The van der Waals surface area contributed by atoms with E-state index < -0.39 is 12.1 Å². The second kappa shape index (κ2) is 71.6. The minimum atomic E-state index is -0.850. The maximum Gasteiger partial charge on any atom is 0.305 e. The quantitative estimate of drug-likeness (QED) is 0.0320. The van der Waals surface area contributed by atoms with Gasteiger partial charge in [-0.15, -0.1) is 0 Å². The van der Waals surface area contributed by atoms with Gasteiger partial charge in [-0.25, -0.2) is 0 Å². The highest BCUT2D eigenvalue weighted by Crippen LogP contribution is 2.19. The van der Waals surface area contributed by atoms with Crippen LogP contribution in [0.25, 0.3) is 0 Å². The van der Waals surface area contributed by atoms with Crippen molar-refractivity contribution >= 4 is 11.9 Å². The summed E-state index contributed by atoms with van der Waals surface area (Å²) in [6.07, 6.45) is 92.3. The molecule has 2 unspecified atom stereocenters. The van der Waals surface area contributed by atoms with Crippen LogP contribution in [-0.2, 0) is 14.3 Å². The second-order valence-corrected chi connectivity index (χ2v) is 25.6. The molecule has 2 atom stereocenters. The molecule has 0 bridgehead atoms. The maximum absolute atomic E-state index is 12.5. The highest BCUT2D eigenvalue weighted by Gasteiger charge is 2.18. The first-order valence-electron chi connectivity index (χ1n) is 37.3. The molecule has 0 aromatic carbocycles. The molecule has 0 aromatic heterocycles. The van der Waals surface area contributed by atoms with Gasteiger partial charge in [0.15, 0.2) is 0 Å². The monoisotopic (exact) mass is 1150 g/mol. The number of amides is 1. The van der Waals surface area contributed by atoms with E-state index in [0.717, 1.165) is 44.9 Å². The molecule has 0 saturated carbocycles. The van der Waals surface area contributed by atoms with E-state index >= 15 is 0 Å². The topological polar surface area (TPSA) is 95.9 Å². The van der Waals surface area contributed by atoms with Gasteiger partial charge in [-0.05, 0) is 83.5 Å². The lowest BCUT2D eigenvalue weighted by Gasteiger charge is -2.20. The molecule has 6 nitrogen and oxygen atoms in total. The van der Waals surface area contributed by atoms with Gasteiger partial charge in [0.2, 0.25) is 5.91 Å². The highest BCUT2D eigenvalue weighted by atomic mass is 16.5. The average molecular weight is 1150 g/mol. The van der Waals surface area contributed by atoms with E-state index in [1.807, 2.05) is 6.08 Å². The van der Waals surface area contributed by atoms with E-state index in [-0.39, 0.29) is 18.5 Å². The summed E-state index contributed by atoms with van der Waals surface area (Å²) in [6, 6.07) is -0.633. The molecule has 3 N–H and O–H groups in total. The Morgan fingerprint density at radius 3 is 0.866 bits per heavy atom. The molecule has 0 aromatic rings. The van der Waals surface area contributed by atoms with Crippen LogP contribution in [0, 0.1) is 0 Å². The Morgan fingerprint density at radius 2 is 0.573 bits per heavy atom. The Bertz CT molecular complexity index is 1330. The van der Waals surface area contributed by atoms with Gasteiger partial charge in [0.05, 0.1) is 25.4 Å². The molecule has 0 fully saturated rings. The Balaban J connectivity index is 3.43. The number of hydrogen-bond acceptors (Lipinski definition) is 5. The van der Waals surface area contributed by atoms with Crippen LogP contribution >= 0.6 is 0 Å². The first kappa shape index (κ1) is 80.1. The molecule has 6 heteroatoms. The van der Waals surface area contributed by atoms with Gasteiger partial charge in [0.1, 0.15) is 0 Å². The largest absolute Gasteiger partial charge is 0.466 e. The van der Waals surface area contributed by atoms with Crippen LogP contribution in [-0.4, -0.2) is 47.4 Å². The molecule has 0 radical (unpaired) electrons. The van der Waals surface area contributed by atoms with Crippen LogP contribution in [0.4, 0.5) is 0 Å². The number of carbonyl (C=O) groups is 2. The zero-order valence-electron chi connectivity index (χ0n) is 55.5. The van der Waals surface area contributed by atoms with Crippen LogP contribution in [0.3, 0.4) is 0 Å². The van der Waals surface area contributed by atoms with Crippen molar-refractivity contribution in [3.8, 4) is 0 Å². The van der Waals surface area contributed by atoms with Crippen molar-refractivity contribution in [3.63, 3.8) is 0 Å². The fourth-order valence-corrected chi connectivity index (χ4v) is 11.7. The maximum atomic E-state index is 12.5. The van der Waals surface area contributed by atoms with Crippen molar-refractivity contribution in [1.29, 1.82) is 0 Å². The third-order valence-electron chi connectivity index (χ3n) is 17.4. The number of nitrogens with one attached hydrogen (secondary N) is 1. The van der Waals surface area contributed by atoms with Crippen LogP contribution in [0.2, 0.25) is 0 Å². The molecule has 0 aliphatic rings. The van der Waals surface area contributed by atoms with Gasteiger partial charge in [-0.2, -0.15) is 0 Å². The predicted molar refractivity (Wildman–Crippen MR) is 361 cm³/mol. The smallest absolute Gasteiger partial charge is 0.305 e.